The molecule has 0 aliphatic carbocycles. The molecule has 0 aromatic heterocycles. The van der Waals surface area contributed by atoms with Gasteiger partial charge in [0, 0.05) is 13.5 Å². The van der Waals surface area contributed by atoms with Crippen LogP contribution >= 0.6 is 0 Å². The lowest BCUT2D eigenvalue weighted by molar-refractivity contribution is -0.132. The van der Waals surface area contributed by atoms with Crippen LogP contribution in [0.5, 0.6) is 0 Å². The summed E-state index contributed by atoms with van der Waals surface area (Å²) in [7, 11) is 1.72. The van der Waals surface area contributed by atoms with Gasteiger partial charge in [0.15, 0.2) is 0 Å². The van der Waals surface area contributed by atoms with Crippen LogP contribution in [0.3, 0.4) is 0 Å². The van der Waals surface area contributed by atoms with Crippen molar-refractivity contribution in [2.24, 2.45) is 0 Å². The third-order valence-electron chi connectivity index (χ3n) is 1.78. The maximum atomic E-state index is 11.2. The van der Waals surface area contributed by atoms with Gasteiger partial charge in [0.1, 0.15) is 0 Å². The zero-order valence-electron chi connectivity index (χ0n) is 7.50. The molecule has 0 fully saturated rings. The number of nitrogens with zero attached hydrogens (tertiary/aromatic N) is 1. The standard InChI is InChI=1S/C8H17NO2/c1-4-5-8(11)9(3)7(2)6-10/h7,10H,4-6H2,1-3H3/t7-/m1/s1. The number of hydrogen-bond donors (Lipinski definition) is 1. The number of aliphatic hydroxyl groups excluding tert-OH is 1. The first-order chi connectivity index (χ1) is 5.13. The third-order valence-corrected chi connectivity index (χ3v) is 1.78. The fourth-order valence-electron chi connectivity index (χ4n) is 0.759. The summed E-state index contributed by atoms with van der Waals surface area (Å²) < 4.78 is 0. The van der Waals surface area contributed by atoms with Gasteiger partial charge in [-0.1, -0.05) is 6.92 Å². The first kappa shape index (κ1) is 10.4. The van der Waals surface area contributed by atoms with E-state index in [-0.39, 0.29) is 18.6 Å². The normalized spacial score (nSPS) is 12.7. The Bertz CT molecular complexity index is 125. The van der Waals surface area contributed by atoms with E-state index in [1.54, 1.807) is 11.9 Å². The van der Waals surface area contributed by atoms with Crippen LogP contribution in [-0.4, -0.2) is 35.6 Å². The Kier molecular flexibility index (Phi) is 4.86. The van der Waals surface area contributed by atoms with E-state index in [4.69, 9.17) is 5.11 Å². The lowest BCUT2D eigenvalue weighted by atomic mass is 10.2. The number of hydrogen-bond acceptors (Lipinski definition) is 2. The molecule has 11 heavy (non-hydrogen) atoms. The molecule has 0 saturated heterocycles. The molecule has 1 N–H and O–H groups in total. The van der Waals surface area contributed by atoms with Gasteiger partial charge >= 0.3 is 0 Å². The molecule has 66 valence electrons. The minimum absolute atomic E-state index is 0.0337. The topological polar surface area (TPSA) is 40.5 Å². The molecule has 1 amide bonds. The van der Waals surface area contributed by atoms with Crippen LogP contribution in [0.25, 0.3) is 0 Å². The summed E-state index contributed by atoms with van der Waals surface area (Å²) in [5.41, 5.74) is 0. The molecule has 0 radical (unpaired) electrons. The number of likely N-dealkylation sites (N-methyl/N-ethyl adjacent to an activating group) is 1. The van der Waals surface area contributed by atoms with Gasteiger partial charge in [-0.15, -0.1) is 0 Å². The summed E-state index contributed by atoms with van der Waals surface area (Å²) >= 11 is 0. The molecule has 0 heterocycles. The summed E-state index contributed by atoms with van der Waals surface area (Å²) in [4.78, 5) is 12.7. The highest BCUT2D eigenvalue weighted by molar-refractivity contribution is 5.76. The molecule has 0 aromatic carbocycles. The van der Waals surface area contributed by atoms with Crippen molar-refractivity contribution < 1.29 is 9.90 Å². The van der Waals surface area contributed by atoms with Crippen molar-refractivity contribution >= 4 is 5.91 Å². The highest BCUT2D eigenvalue weighted by Gasteiger charge is 2.12. The van der Waals surface area contributed by atoms with E-state index < -0.39 is 0 Å². The maximum Gasteiger partial charge on any atom is 0.222 e. The zero-order chi connectivity index (χ0) is 8.85. The molecule has 0 unspecified atom stereocenters. The number of carbonyl (C=O) groups excluding carboxylic acids is 1. The van der Waals surface area contributed by atoms with Gasteiger partial charge in [-0.25, -0.2) is 0 Å². The summed E-state index contributed by atoms with van der Waals surface area (Å²) in [6.07, 6.45) is 1.43. The number of amides is 1. The maximum absolute atomic E-state index is 11.2. The van der Waals surface area contributed by atoms with Crippen LogP contribution in [-0.2, 0) is 4.79 Å². The second kappa shape index (κ2) is 5.13. The largest absolute Gasteiger partial charge is 0.394 e. The molecule has 0 rings (SSSR count). The Morgan fingerprint density at radius 2 is 2.18 bits per heavy atom. The Hall–Kier alpha value is -0.570. The summed E-state index contributed by atoms with van der Waals surface area (Å²) in [5, 5.41) is 8.73. The molecular weight excluding hydrogens is 142 g/mol. The molecule has 3 heteroatoms. The predicted molar refractivity (Wildman–Crippen MR) is 44.2 cm³/mol. The van der Waals surface area contributed by atoms with Crippen LogP contribution < -0.4 is 0 Å². The molecule has 1 atom stereocenters. The Balaban J connectivity index is 3.80. The van der Waals surface area contributed by atoms with E-state index in [1.807, 2.05) is 13.8 Å². The fraction of sp³-hybridized carbons (Fsp3) is 0.875. The number of carbonyl (C=O) groups is 1. The first-order valence-electron chi connectivity index (χ1n) is 4.00. The highest BCUT2D eigenvalue weighted by atomic mass is 16.3. The number of rotatable bonds is 4. The van der Waals surface area contributed by atoms with Crippen LogP contribution in [0.15, 0.2) is 0 Å². The fourth-order valence-corrected chi connectivity index (χ4v) is 0.759. The van der Waals surface area contributed by atoms with E-state index in [9.17, 15) is 4.79 Å². The van der Waals surface area contributed by atoms with Gasteiger partial charge in [0.2, 0.25) is 5.91 Å². The predicted octanol–water partition coefficient (Wildman–Crippen LogP) is 0.626. The second-order valence-electron chi connectivity index (χ2n) is 2.79. The summed E-state index contributed by atoms with van der Waals surface area (Å²) in [6.45, 7) is 3.83. The smallest absolute Gasteiger partial charge is 0.222 e. The average Bonchev–Trinajstić information content (AvgIpc) is 2.02. The second-order valence-corrected chi connectivity index (χ2v) is 2.79. The molecule has 0 aliphatic rings. The van der Waals surface area contributed by atoms with Crippen molar-refractivity contribution in [3.05, 3.63) is 0 Å². The molecule has 0 bridgehead atoms. The summed E-state index contributed by atoms with van der Waals surface area (Å²) in [6, 6.07) is -0.0611. The molecular formula is C8H17NO2. The molecule has 0 aliphatic heterocycles. The highest BCUT2D eigenvalue weighted by Crippen LogP contribution is 1.99. The van der Waals surface area contributed by atoms with Crippen molar-refractivity contribution in [1.29, 1.82) is 0 Å². The van der Waals surface area contributed by atoms with Crippen molar-refractivity contribution in [3.8, 4) is 0 Å². The van der Waals surface area contributed by atoms with Gasteiger partial charge in [-0.2, -0.15) is 0 Å². The zero-order valence-corrected chi connectivity index (χ0v) is 7.50. The Morgan fingerprint density at radius 3 is 2.55 bits per heavy atom. The van der Waals surface area contributed by atoms with Gasteiger partial charge < -0.3 is 10.0 Å². The molecule has 0 spiro atoms. The lowest BCUT2D eigenvalue weighted by Crippen LogP contribution is -2.37. The van der Waals surface area contributed by atoms with Crippen molar-refractivity contribution in [2.75, 3.05) is 13.7 Å². The SMILES string of the molecule is CCCC(=O)N(C)[C@H](C)CO. The average molecular weight is 159 g/mol. The van der Waals surface area contributed by atoms with Crippen LogP contribution in [0.4, 0.5) is 0 Å². The lowest BCUT2D eigenvalue weighted by Gasteiger charge is -2.22. The van der Waals surface area contributed by atoms with Gasteiger partial charge in [-0.05, 0) is 13.3 Å². The van der Waals surface area contributed by atoms with E-state index in [0.29, 0.717) is 6.42 Å². The van der Waals surface area contributed by atoms with E-state index in [1.165, 1.54) is 0 Å². The minimum atomic E-state index is -0.0611. The van der Waals surface area contributed by atoms with Crippen LogP contribution in [0.2, 0.25) is 0 Å². The molecule has 0 aromatic rings. The summed E-state index contributed by atoms with van der Waals surface area (Å²) in [5.74, 6) is 0.106. The first-order valence-corrected chi connectivity index (χ1v) is 4.00. The van der Waals surface area contributed by atoms with Crippen LogP contribution in [0.1, 0.15) is 26.7 Å². The molecule has 0 saturated carbocycles. The monoisotopic (exact) mass is 159 g/mol. The van der Waals surface area contributed by atoms with Crippen molar-refractivity contribution in [3.63, 3.8) is 0 Å². The van der Waals surface area contributed by atoms with Crippen molar-refractivity contribution in [1.82, 2.24) is 4.90 Å². The third kappa shape index (κ3) is 3.37. The quantitative estimate of drug-likeness (QED) is 0.653. The Morgan fingerprint density at radius 1 is 1.64 bits per heavy atom. The van der Waals surface area contributed by atoms with Crippen molar-refractivity contribution in [2.45, 2.75) is 32.7 Å². The number of aliphatic hydroxyl groups is 1. The van der Waals surface area contributed by atoms with E-state index in [2.05, 4.69) is 0 Å². The van der Waals surface area contributed by atoms with E-state index in [0.717, 1.165) is 6.42 Å². The Labute approximate surface area is 68.0 Å². The van der Waals surface area contributed by atoms with Crippen LogP contribution in [0, 0.1) is 0 Å². The van der Waals surface area contributed by atoms with Gasteiger partial charge in [0.25, 0.3) is 0 Å². The minimum Gasteiger partial charge on any atom is -0.394 e. The van der Waals surface area contributed by atoms with E-state index >= 15 is 0 Å². The van der Waals surface area contributed by atoms with Gasteiger partial charge in [-0.3, -0.25) is 4.79 Å². The molecule has 3 nitrogen and oxygen atoms in total. The van der Waals surface area contributed by atoms with Gasteiger partial charge in [0.05, 0.1) is 12.6 Å².